The number of carbonyl (C=O) groups is 1. The normalized spacial score (nSPS) is 10.0. The van der Waals surface area contributed by atoms with E-state index in [-0.39, 0.29) is 0 Å². The van der Waals surface area contributed by atoms with E-state index >= 15 is 0 Å². The molecule has 0 aliphatic heterocycles. The van der Waals surface area contributed by atoms with Gasteiger partial charge >= 0.3 is 6.03 Å². The fourth-order valence-electron chi connectivity index (χ4n) is 1.66. The van der Waals surface area contributed by atoms with Crippen molar-refractivity contribution in [2.45, 2.75) is 20.4 Å². The molecule has 1 rings (SSSR count). The molecule has 0 spiro atoms. The maximum absolute atomic E-state index is 11.0. The Kier molecular flexibility index (Phi) is 3.77. The van der Waals surface area contributed by atoms with Crippen molar-refractivity contribution in [2.24, 2.45) is 5.73 Å². The lowest BCUT2D eigenvalue weighted by molar-refractivity contribution is 0.216. The molecule has 2 N–H and O–H groups in total. The highest BCUT2D eigenvalue weighted by Crippen LogP contribution is 2.25. The fourth-order valence-corrected chi connectivity index (χ4v) is 1.66. The van der Waals surface area contributed by atoms with Crippen molar-refractivity contribution in [3.8, 4) is 5.75 Å². The van der Waals surface area contributed by atoms with Crippen LogP contribution in [0.3, 0.4) is 0 Å². The number of nitrogens with two attached hydrogens (primary N) is 1. The molecular formula is C12H18N2O2. The van der Waals surface area contributed by atoms with Crippen LogP contribution in [0.25, 0.3) is 0 Å². The van der Waals surface area contributed by atoms with Crippen molar-refractivity contribution in [1.82, 2.24) is 4.90 Å². The summed E-state index contributed by atoms with van der Waals surface area (Å²) in [4.78, 5) is 12.4. The van der Waals surface area contributed by atoms with E-state index in [1.54, 1.807) is 14.2 Å². The number of urea groups is 1. The zero-order valence-corrected chi connectivity index (χ0v) is 10.2. The van der Waals surface area contributed by atoms with E-state index in [0.29, 0.717) is 6.54 Å². The van der Waals surface area contributed by atoms with Gasteiger partial charge in [0.15, 0.2) is 0 Å². The molecule has 0 atom stereocenters. The number of nitrogens with zero attached hydrogens (tertiary/aromatic N) is 1. The van der Waals surface area contributed by atoms with Crippen LogP contribution in [0.5, 0.6) is 5.75 Å². The SMILES string of the molecule is COc1cc(C)cc(C)c1CN(C)C(N)=O. The van der Waals surface area contributed by atoms with Crippen molar-refractivity contribution in [1.29, 1.82) is 0 Å². The standard InChI is InChI=1S/C12H18N2O2/c1-8-5-9(2)10(11(6-8)16-4)7-14(3)12(13)15/h5-6H,7H2,1-4H3,(H2,13,15). The molecule has 4 nitrogen and oxygen atoms in total. The van der Waals surface area contributed by atoms with Crippen LogP contribution in [0.4, 0.5) is 4.79 Å². The molecule has 0 radical (unpaired) electrons. The Balaban J connectivity index is 3.07. The molecule has 0 fully saturated rings. The Bertz CT molecular complexity index is 402. The number of methoxy groups -OCH3 is 1. The van der Waals surface area contributed by atoms with Crippen molar-refractivity contribution < 1.29 is 9.53 Å². The Morgan fingerprint density at radius 2 is 2.06 bits per heavy atom. The van der Waals surface area contributed by atoms with Crippen molar-refractivity contribution in [3.05, 3.63) is 28.8 Å². The number of amides is 2. The number of primary amides is 1. The first-order valence-electron chi connectivity index (χ1n) is 5.10. The molecule has 0 aliphatic carbocycles. The fraction of sp³-hybridized carbons (Fsp3) is 0.417. The molecule has 0 aliphatic rings. The first-order chi connectivity index (χ1) is 7.45. The zero-order chi connectivity index (χ0) is 12.3. The molecule has 16 heavy (non-hydrogen) atoms. The predicted octanol–water partition coefficient (Wildman–Crippen LogP) is 1.82. The lowest BCUT2D eigenvalue weighted by atomic mass is 10.0. The smallest absolute Gasteiger partial charge is 0.314 e. The number of hydrogen-bond donors (Lipinski definition) is 1. The third kappa shape index (κ3) is 2.66. The van der Waals surface area contributed by atoms with Crippen LogP contribution in [-0.2, 0) is 6.54 Å². The molecule has 2 amide bonds. The number of carbonyl (C=O) groups excluding carboxylic acids is 1. The number of aryl methyl sites for hydroxylation is 2. The van der Waals surface area contributed by atoms with Crippen molar-refractivity contribution >= 4 is 6.03 Å². The van der Waals surface area contributed by atoms with Crippen LogP contribution in [0.15, 0.2) is 12.1 Å². The molecule has 4 heteroatoms. The molecule has 0 saturated carbocycles. The monoisotopic (exact) mass is 222 g/mol. The van der Waals surface area contributed by atoms with Gasteiger partial charge in [-0.25, -0.2) is 4.79 Å². The van der Waals surface area contributed by atoms with Gasteiger partial charge < -0.3 is 15.4 Å². The molecule has 0 saturated heterocycles. The summed E-state index contributed by atoms with van der Waals surface area (Å²) in [7, 11) is 3.29. The summed E-state index contributed by atoms with van der Waals surface area (Å²) in [6.07, 6.45) is 0. The average Bonchev–Trinajstić information content (AvgIpc) is 2.21. The quantitative estimate of drug-likeness (QED) is 0.848. The molecular weight excluding hydrogens is 204 g/mol. The van der Waals surface area contributed by atoms with E-state index in [1.165, 1.54) is 4.90 Å². The lowest BCUT2D eigenvalue weighted by Crippen LogP contribution is -2.31. The largest absolute Gasteiger partial charge is 0.496 e. The molecule has 0 bridgehead atoms. The van der Waals surface area contributed by atoms with Gasteiger partial charge in [-0.3, -0.25) is 0 Å². The van der Waals surface area contributed by atoms with Crippen LogP contribution < -0.4 is 10.5 Å². The highest BCUT2D eigenvalue weighted by molar-refractivity contribution is 5.71. The number of hydrogen-bond acceptors (Lipinski definition) is 2. The van der Waals surface area contributed by atoms with Gasteiger partial charge in [-0.05, 0) is 31.0 Å². The van der Waals surface area contributed by atoms with Crippen LogP contribution >= 0.6 is 0 Å². The molecule has 0 aromatic heterocycles. The molecule has 1 aromatic rings. The van der Waals surface area contributed by atoms with Gasteiger partial charge in [-0.2, -0.15) is 0 Å². The van der Waals surface area contributed by atoms with Gasteiger partial charge in [0.2, 0.25) is 0 Å². The summed E-state index contributed by atoms with van der Waals surface area (Å²) < 4.78 is 5.31. The number of ether oxygens (including phenoxy) is 1. The minimum Gasteiger partial charge on any atom is -0.496 e. The first-order valence-corrected chi connectivity index (χ1v) is 5.10. The van der Waals surface area contributed by atoms with Crippen LogP contribution in [-0.4, -0.2) is 25.1 Å². The van der Waals surface area contributed by atoms with Crippen LogP contribution in [0.1, 0.15) is 16.7 Å². The lowest BCUT2D eigenvalue weighted by Gasteiger charge is -2.18. The Morgan fingerprint density at radius 3 is 2.56 bits per heavy atom. The van der Waals surface area contributed by atoms with Gasteiger partial charge in [0.05, 0.1) is 13.7 Å². The molecule has 88 valence electrons. The maximum atomic E-state index is 11.0. The van der Waals surface area contributed by atoms with E-state index in [9.17, 15) is 4.79 Å². The second-order valence-corrected chi connectivity index (χ2v) is 3.96. The minimum atomic E-state index is -0.443. The van der Waals surface area contributed by atoms with Crippen LogP contribution in [0, 0.1) is 13.8 Å². The third-order valence-electron chi connectivity index (χ3n) is 2.57. The minimum absolute atomic E-state index is 0.443. The van der Waals surface area contributed by atoms with Gasteiger partial charge in [0.1, 0.15) is 5.75 Å². The topological polar surface area (TPSA) is 55.6 Å². The summed E-state index contributed by atoms with van der Waals surface area (Å²) >= 11 is 0. The zero-order valence-electron chi connectivity index (χ0n) is 10.2. The highest BCUT2D eigenvalue weighted by atomic mass is 16.5. The number of benzene rings is 1. The van der Waals surface area contributed by atoms with Crippen molar-refractivity contribution in [2.75, 3.05) is 14.2 Å². The van der Waals surface area contributed by atoms with Gasteiger partial charge in [-0.15, -0.1) is 0 Å². The first kappa shape index (κ1) is 12.4. The summed E-state index contributed by atoms with van der Waals surface area (Å²) in [5.41, 5.74) is 8.44. The van der Waals surface area contributed by atoms with Gasteiger partial charge in [-0.1, -0.05) is 6.07 Å². The van der Waals surface area contributed by atoms with E-state index in [1.807, 2.05) is 19.9 Å². The molecule has 0 heterocycles. The van der Waals surface area contributed by atoms with E-state index in [2.05, 4.69) is 6.07 Å². The van der Waals surface area contributed by atoms with E-state index in [4.69, 9.17) is 10.5 Å². The van der Waals surface area contributed by atoms with E-state index in [0.717, 1.165) is 22.4 Å². The molecule has 1 aromatic carbocycles. The maximum Gasteiger partial charge on any atom is 0.314 e. The molecule has 0 unspecified atom stereocenters. The second-order valence-electron chi connectivity index (χ2n) is 3.96. The Morgan fingerprint density at radius 1 is 1.44 bits per heavy atom. The number of rotatable bonds is 3. The van der Waals surface area contributed by atoms with Crippen LogP contribution in [0.2, 0.25) is 0 Å². The summed E-state index contributed by atoms with van der Waals surface area (Å²) in [5, 5.41) is 0. The Labute approximate surface area is 96.0 Å². The van der Waals surface area contributed by atoms with Crippen molar-refractivity contribution in [3.63, 3.8) is 0 Å². The second kappa shape index (κ2) is 4.88. The summed E-state index contributed by atoms with van der Waals surface area (Å²) in [5.74, 6) is 0.797. The highest BCUT2D eigenvalue weighted by Gasteiger charge is 2.12. The Hall–Kier alpha value is -1.71. The van der Waals surface area contributed by atoms with Gasteiger partial charge in [0.25, 0.3) is 0 Å². The predicted molar refractivity (Wildman–Crippen MR) is 63.5 cm³/mol. The average molecular weight is 222 g/mol. The third-order valence-corrected chi connectivity index (χ3v) is 2.57. The van der Waals surface area contributed by atoms with Gasteiger partial charge in [0, 0.05) is 12.6 Å². The van der Waals surface area contributed by atoms with E-state index < -0.39 is 6.03 Å². The summed E-state index contributed by atoms with van der Waals surface area (Å²) in [6.45, 7) is 4.47. The summed E-state index contributed by atoms with van der Waals surface area (Å²) in [6, 6.07) is 3.58.